The molecule has 2 unspecified atom stereocenters. The summed E-state index contributed by atoms with van der Waals surface area (Å²) >= 11 is 0. The fraction of sp³-hybridized carbons (Fsp3) is 1.00. The van der Waals surface area contributed by atoms with Gasteiger partial charge in [-0.05, 0) is 0 Å². The molecular weight excluding hydrogens is 310 g/mol. The van der Waals surface area contributed by atoms with Crippen LogP contribution in [0.2, 0.25) is 0 Å². The molecule has 0 saturated heterocycles. The van der Waals surface area contributed by atoms with Crippen molar-refractivity contribution < 1.29 is 52.7 Å². The molecule has 0 bridgehead atoms. The van der Waals surface area contributed by atoms with Gasteiger partial charge in [0.15, 0.2) is 0 Å². The smallest absolute Gasteiger partial charge is 0.394 e. The van der Waals surface area contributed by atoms with Gasteiger partial charge in [0.2, 0.25) is 0 Å². The lowest BCUT2D eigenvalue weighted by molar-refractivity contribution is 0.0159. The second-order valence-corrected chi connectivity index (χ2v) is 6.33. The van der Waals surface area contributed by atoms with E-state index in [0.717, 1.165) is 0 Å². The number of phosphoric ester groups is 1. The molecule has 0 fully saturated rings. The molecule has 0 radical (unpaired) electrons. The average molecular weight is 326 g/mol. The van der Waals surface area contributed by atoms with Gasteiger partial charge in [-0.3, -0.25) is 9.05 Å². The molecule has 0 aromatic rings. The maximum atomic E-state index is 11.7. The second-order valence-electron chi connectivity index (χ2n) is 3.28. The quantitative estimate of drug-likeness (QED) is 0.243. The van der Waals surface area contributed by atoms with E-state index in [1.165, 1.54) is 0 Å². The van der Waals surface area contributed by atoms with E-state index in [4.69, 9.17) is 30.2 Å². The van der Waals surface area contributed by atoms with Crippen LogP contribution in [0.15, 0.2) is 0 Å². The van der Waals surface area contributed by atoms with Crippen molar-refractivity contribution in [1.82, 2.24) is 0 Å². The molecule has 0 spiro atoms. The summed E-state index contributed by atoms with van der Waals surface area (Å²) in [7, 11) is -10.0. The molecular formula is C6H16O11P2. The summed E-state index contributed by atoms with van der Waals surface area (Å²) in [6.07, 6.45) is -2.94. The maximum Gasteiger partial charge on any atom is 0.483 e. The first-order valence-corrected chi connectivity index (χ1v) is 7.85. The zero-order valence-corrected chi connectivity index (χ0v) is 11.4. The van der Waals surface area contributed by atoms with Gasteiger partial charge < -0.3 is 30.2 Å². The molecule has 13 heteroatoms. The zero-order chi connectivity index (χ0) is 15.1. The third kappa shape index (κ3) is 9.61. The third-order valence-corrected chi connectivity index (χ3v) is 4.06. The Morgan fingerprint density at radius 3 is 1.53 bits per heavy atom. The molecule has 6 N–H and O–H groups in total. The first kappa shape index (κ1) is 19.1. The van der Waals surface area contributed by atoms with E-state index in [1.54, 1.807) is 0 Å². The predicted octanol–water partition coefficient (Wildman–Crippen LogP) is -2.06. The molecule has 0 aliphatic rings. The monoisotopic (exact) mass is 326 g/mol. The number of phosphoric acid groups is 2. The van der Waals surface area contributed by atoms with Crippen LogP contribution in [0, 0.1) is 0 Å². The Hall–Kier alpha value is 0.1000. The number of hydrogen-bond donors (Lipinski definition) is 6. The Morgan fingerprint density at radius 1 is 0.895 bits per heavy atom. The first-order chi connectivity index (χ1) is 8.62. The van der Waals surface area contributed by atoms with Crippen LogP contribution in [-0.2, 0) is 22.5 Å². The van der Waals surface area contributed by atoms with Gasteiger partial charge in [0.25, 0.3) is 0 Å². The zero-order valence-electron chi connectivity index (χ0n) is 9.60. The topological polar surface area (TPSA) is 183 Å². The van der Waals surface area contributed by atoms with Crippen molar-refractivity contribution >= 4 is 15.6 Å². The van der Waals surface area contributed by atoms with Gasteiger partial charge in [-0.1, -0.05) is 0 Å². The van der Waals surface area contributed by atoms with Crippen LogP contribution in [0.3, 0.4) is 0 Å². The van der Waals surface area contributed by atoms with Crippen molar-refractivity contribution in [3.05, 3.63) is 0 Å². The van der Waals surface area contributed by atoms with E-state index in [1.807, 2.05) is 0 Å². The van der Waals surface area contributed by atoms with Crippen molar-refractivity contribution in [1.29, 1.82) is 0 Å². The van der Waals surface area contributed by atoms with Gasteiger partial charge in [0, 0.05) is 0 Å². The molecule has 0 aliphatic heterocycles. The SMILES string of the molecule is O=P(O)(O)OP(=O)(OCC(O)CO)OCC(O)CO. The summed E-state index contributed by atoms with van der Waals surface area (Å²) < 4.78 is 34.9. The van der Waals surface area contributed by atoms with Crippen molar-refractivity contribution in [3.63, 3.8) is 0 Å². The summed E-state index contributed by atoms with van der Waals surface area (Å²) in [5.41, 5.74) is 0. The highest BCUT2D eigenvalue weighted by molar-refractivity contribution is 7.61. The minimum atomic E-state index is -5.23. The largest absolute Gasteiger partial charge is 0.483 e. The molecule has 0 heterocycles. The summed E-state index contributed by atoms with van der Waals surface area (Å²) in [6.45, 7) is -3.09. The van der Waals surface area contributed by atoms with E-state index in [9.17, 15) is 9.13 Å². The van der Waals surface area contributed by atoms with Crippen LogP contribution in [-0.4, -0.2) is 68.8 Å². The summed E-state index contributed by atoms with van der Waals surface area (Å²) in [5, 5.41) is 34.9. The number of rotatable bonds is 10. The lowest BCUT2D eigenvalue weighted by Gasteiger charge is -2.20. The van der Waals surface area contributed by atoms with Crippen molar-refractivity contribution in [2.45, 2.75) is 12.2 Å². The molecule has 0 saturated carbocycles. The summed E-state index contributed by atoms with van der Waals surface area (Å²) in [6, 6.07) is 0. The predicted molar refractivity (Wildman–Crippen MR) is 58.8 cm³/mol. The lowest BCUT2D eigenvalue weighted by atomic mass is 10.4. The minimum Gasteiger partial charge on any atom is -0.394 e. The molecule has 116 valence electrons. The Labute approximate surface area is 108 Å². The standard InChI is InChI=1S/C6H16O11P2/c7-1-5(9)3-15-19(14,17-18(11,12)13)16-4-6(10)2-8/h5-10H,1-4H2,(H2,11,12,13). The normalized spacial score (nSPS) is 18.8. The number of hydrogen-bond acceptors (Lipinski definition) is 9. The second kappa shape index (κ2) is 8.40. The summed E-state index contributed by atoms with van der Waals surface area (Å²) in [4.78, 5) is 17.1. The van der Waals surface area contributed by atoms with E-state index in [2.05, 4.69) is 13.4 Å². The highest BCUT2D eigenvalue weighted by Gasteiger charge is 2.37. The van der Waals surface area contributed by atoms with E-state index < -0.39 is 54.3 Å². The summed E-state index contributed by atoms with van der Waals surface area (Å²) in [5.74, 6) is 0. The van der Waals surface area contributed by atoms with Gasteiger partial charge in [0.1, 0.15) is 12.2 Å². The van der Waals surface area contributed by atoms with E-state index in [0.29, 0.717) is 0 Å². The van der Waals surface area contributed by atoms with Gasteiger partial charge in [-0.25, -0.2) is 9.13 Å². The van der Waals surface area contributed by atoms with Crippen LogP contribution in [0.25, 0.3) is 0 Å². The van der Waals surface area contributed by atoms with Crippen LogP contribution in [0.5, 0.6) is 0 Å². The van der Waals surface area contributed by atoms with Gasteiger partial charge in [-0.2, -0.15) is 4.31 Å². The number of aliphatic hydroxyl groups is 4. The Kier molecular flexibility index (Phi) is 8.45. The molecule has 0 aromatic heterocycles. The van der Waals surface area contributed by atoms with Gasteiger partial charge in [-0.15, -0.1) is 0 Å². The van der Waals surface area contributed by atoms with Crippen LogP contribution in [0.1, 0.15) is 0 Å². The molecule has 11 nitrogen and oxygen atoms in total. The molecule has 0 aromatic carbocycles. The Bertz CT molecular complexity index is 322. The molecule has 19 heavy (non-hydrogen) atoms. The van der Waals surface area contributed by atoms with Crippen molar-refractivity contribution in [2.75, 3.05) is 26.4 Å². The van der Waals surface area contributed by atoms with Crippen molar-refractivity contribution in [3.8, 4) is 0 Å². The first-order valence-electron chi connectivity index (χ1n) is 4.85. The van der Waals surface area contributed by atoms with E-state index in [-0.39, 0.29) is 0 Å². The fourth-order valence-electron chi connectivity index (χ4n) is 0.675. The third-order valence-electron chi connectivity index (χ3n) is 1.48. The van der Waals surface area contributed by atoms with Gasteiger partial charge >= 0.3 is 15.6 Å². The molecule has 0 rings (SSSR count). The number of aliphatic hydroxyl groups excluding tert-OH is 4. The van der Waals surface area contributed by atoms with Crippen molar-refractivity contribution in [2.24, 2.45) is 0 Å². The van der Waals surface area contributed by atoms with Crippen LogP contribution in [0.4, 0.5) is 0 Å². The molecule has 0 amide bonds. The molecule has 2 atom stereocenters. The average Bonchev–Trinajstić information content (AvgIpc) is 2.31. The Balaban J connectivity index is 4.63. The highest BCUT2D eigenvalue weighted by atomic mass is 31.3. The molecule has 0 aliphatic carbocycles. The van der Waals surface area contributed by atoms with Crippen LogP contribution < -0.4 is 0 Å². The lowest BCUT2D eigenvalue weighted by Crippen LogP contribution is -2.22. The highest BCUT2D eigenvalue weighted by Crippen LogP contribution is 2.61. The fourth-order valence-corrected chi connectivity index (χ4v) is 2.88. The van der Waals surface area contributed by atoms with E-state index >= 15 is 0 Å². The maximum absolute atomic E-state index is 11.7. The van der Waals surface area contributed by atoms with Crippen LogP contribution >= 0.6 is 15.6 Å². The minimum absolute atomic E-state index is 0.755. The Morgan fingerprint density at radius 2 is 1.26 bits per heavy atom. The van der Waals surface area contributed by atoms with Gasteiger partial charge in [0.05, 0.1) is 26.4 Å².